The molecule has 1 amide bonds. The van der Waals surface area contributed by atoms with Gasteiger partial charge in [-0.15, -0.1) is 0 Å². The minimum absolute atomic E-state index is 0.00700. The summed E-state index contributed by atoms with van der Waals surface area (Å²) in [7, 11) is 0. The summed E-state index contributed by atoms with van der Waals surface area (Å²) in [5, 5.41) is 5.62. The first-order valence-corrected chi connectivity index (χ1v) is 11.2. The average Bonchev–Trinajstić information content (AvgIpc) is 2.90. The van der Waals surface area contributed by atoms with E-state index in [4.69, 9.17) is 16.4 Å². The lowest BCUT2D eigenvalue weighted by Crippen LogP contribution is -2.54. The first-order chi connectivity index (χ1) is 13.8. The molecule has 2 aliphatic rings. The van der Waals surface area contributed by atoms with Crippen molar-refractivity contribution >= 4 is 23.3 Å². The minimum Gasteiger partial charge on any atom is -0.343 e. The number of hydrogen-bond acceptors (Lipinski definition) is 4. The van der Waals surface area contributed by atoms with E-state index in [1.54, 1.807) is 0 Å². The molecule has 1 aromatic rings. The van der Waals surface area contributed by atoms with Gasteiger partial charge in [0.2, 0.25) is 5.91 Å². The lowest BCUT2D eigenvalue weighted by molar-refractivity contribution is -0.179. The first kappa shape index (κ1) is 22.3. The summed E-state index contributed by atoms with van der Waals surface area (Å²) in [6, 6.07) is 3.65. The normalized spacial score (nSPS) is 22.9. The molecule has 160 valence electrons. The molecule has 1 spiro atoms. The number of hydroxylamine groups is 2. The SMILES string of the molecule is CCC(C)CCCON1CCC2(CC1)NC(=O)C(c1c(C)cc(Cl)cc1C)C2=O. The number of ketones is 1. The van der Waals surface area contributed by atoms with Crippen LogP contribution in [0.25, 0.3) is 0 Å². The molecule has 0 aliphatic carbocycles. The summed E-state index contributed by atoms with van der Waals surface area (Å²) in [6.07, 6.45) is 4.59. The van der Waals surface area contributed by atoms with Crippen LogP contribution in [0.2, 0.25) is 5.02 Å². The molecule has 1 aromatic carbocycles. The highest BCUT2D eigenvalue weighted by Gasteiger charge is 2.54. The number of benzene rings is 1. The van der Waals surface area contributed by atoms with Gasteiger partial charge in [-0.1, -0.05) is 31.9 Å². The number of aryl methyl sites for hydroxylation is 2. The summed E-state index contributed by atoms with van der Waals surface area (Å²) in [6.45, 7) is 10.3. The van der Waals surface area contributed by atoms with Crippen LogP contribution in [0.1, 0.15) is 68.6 Å². The minimum atomic E-state index is -0.767. The predicted molar refractivity (Wildman–Crippen MR) is 115 cm³/mol. The van der Waals surface area contributed by atoms with E-state index in [0.29, 0.717) is 37.6 Å². The Balaban J connectivity index is 1.62. The van der Waals surface area contributed by atoms with Crippen LogP contribution in [0.5, 0.6) is 0 Å². The number of hydrogen-bond donors (Lipinski definition) is 1. The molecule has 2 unspecified atom stereocenters. The molecule has 0 aromatic heterocycles. The van der Waals surface area contributed by atoms with Crippen molar-refractivity contribution in [1.82, 2.24) is 10.4 Å². The average molecular weight is 421 g/mol. The fraction of sp³-hybridized carbons (Fsp3) is 0.652. The molecule has 1 N–H and O–H groups in total. The van der Waals surface area contributed by atoms with Crippen molar-refractivity contribution < 1.29 is 14.4 Å². The zero-order chi connectivity index (χ0) is 21.2. The third-order valence-corrected chi connectivity index (χ3v) is 6.81. The molecule has 2 fully saturated rings. The van der Waals surface area contributed by atoms with Crippen LogP contribution in [0.15, 0.2) is 12.1 Å². The Morgan fingerprint density at radius 2 is 1.86 bits per heavy atom. The maximum Gasteiger partial charge on any atom is 0.235 e. The smallest absolute Gasteiger partial charge is 0.235 e. The number of piperidine rings is 1. The molecule has 2 aliphatic heterocycles. The van der Waals surface area contributed by atoms with Gasteiger partial charge in [0, 0.05) is 18.1 Å². The number of carbonyl (C=O) groups is 2. The number of halogens is 1. The Hall–Kier alpha value is -1.43. The Labute approximate surface area is 179 Å². The second-order valence-corrected chi connectivity index (χ2v) is 9.18. The number of nitrogens with one attached hydrogen (secondary N) is 1. The number of Topliss-reactive ketones (excluding diaryl/α,β-unsaturated/α-hetero) is 1. The van der Waals surface area contributed by atoms with E-state index < -0.39 is 11.5 Å². The van der Waals surface area contributed by atoms with Gasteiger partial charge in [0.25, 0.3) is 0 Å². The zero-order valence-electron chi connectivity index (χ0n) is 18.0. The van der Waals surface area contributed by atoms with Gasteiger partial charge in [0.15, 0.2) is 5.78 Å². The number of carbonyl (C=O) groups excluding carboxylic acids is 2. The second-order valence-electron chi connectivity index (χ2n) is 8.74. The van der Waals surface area contributed by atoms with Crippen molar-refractivity contribution in [3.05, 3.63) is 33.8 Å². The van der Waals surface area contributed by atoms with Crippen LogP contribution in [0, 0.1) is 19.8 Å². The lowest BCUT2D eigenvalue weighted by atomic mass is 9.79. The molecule has 2 atom stereocenters. The summed E-state index contributed by atoms with van der Waals surface area (Å²) in [5.41, 5.74) is 1.82. The molecular weight excluding hydrogens is 388 g/mol. The van der Waals surface area contributed by atoms with Gasteiger partial charge in [0.05, 0.1) is 6.61 Å². The second kappa shape index (κ2) is 9.15. The van der Waals surface area contributed by atoms with Crippen LogP contribution in [0.3, 0.4) is 0 Å². The van der Waals surface area contributed by atoms with Crippen molar-refractivity contribution in [2.75, 3.05) is 19.7 Å². The lowest BCUT2D eigenvalue weighted by Gasteiger charge is -2.37. The molecule has 5 nitrogen and oxygen atoms in total. The van der Waals surface area contributed by atoms with Crippen molar-refractivity contribution in [2.24, 2.45) is 5.92 Å². The van der Waals surface area contributed by atoms with Crippen molar-refractivity contribution in [3.8, 4) is 0 Å². The monoisotopic (exact) mass is 420 g/mol. The van der Waals surface area contributed by atoms with E-state index in [1.807, 2.05) is 31.0 Å². The van der Waals surface area contributed by atoms with Crippen LogP contribution in [-0.4, -0.2) is 42.0 Å². The van der Waals surface area contributed by atoms with Crippen LogP contribution < -0.4 is 5.32 Å². The van der Waals surface area contributed by atoms with Crippen molar-refractivity contribution in [3.63, 3.8) is 0 Å². The Kier molecular flexibility index (Phi) is 7.02. The molecule has 6 heteroatoms. The van der Waals surface area contributed by atoms with Crippen LogP contribution in [-0.2, 0) is 14.4 Å². The van der Waals surface area contributed by atoms with Crippen LogP contribution in [0.4, 0.5) is 0 Å². The quantitative estimate of drug-likeness (QED) is 0.526. The van der Waals surface area contributed by atoms with Crippen molar-refractivity contribution in [1.29, 1.82) is 0 Å². The highest BCUT2D eigenvalue weighted by Crippen LogP contribution is 2.39. The van der Waals surface area contributed by atoms with Gasteiger partial charge in [-0.25, -0.2) is 0 Å². The molecular formula is C23H33ClN2O3. The third kappa shape index (κ3) is 4.68. The van der Waals surface area contributed by atoms with Gasteiger partial charge in [-0.3, -0.25) is 14.4 Å². The predicted octanol–water partition coefficient (Wildman–Crippen LogP) is 4.33. The Morgan fingerprint density at radius 1 is 1.24 bits per heavy atom. The van der Waals surface area contributed by atoms with E-state index in [-0.39, 0.29) is 11.7 Å². The largest absolute Gasteiger partial charge is 0.343 e. The van der Waals surface area contributed by atoms with Gasteiger partial charge < -0.3 is 5.32 Å². The highest BCUT2D eigenvalue weighted by molar-refractivity contribution is 6.30. The van der Waals surface area contributed by atoms with Gasteiger partial charge in [-0.2, -0.15) is 5.06 Å². The topological polar surface area (TPSA) is 58.6 Å². The Morgan fingerprint density at radius 3 is 2.45 bits per heavy atom. The molecule has 2 saturated heterocycles. The summed E-state index contributed by atoms with van der Waals surface area (Å²) in [5.74, 6) is -0.208. The molecule has 0 saturated carbocycles. The van der Waals surface area contributed by atoms with E-state index in [9.17, 15) is 9.59 Å². The zero-order valence-corrected chi connectivity index (χ0v) is 18.8. The van der Waals surface area contributed by atoms with Gasteiger partial charge in [-0.05, 0) is 74.3 Å². The summed E-state index contributed by atoms with van der Waals surface area (Å²) in [4.78, 5) is 32.1. The highest BCUT2D eigenvalue weighted by atomic mass is 35.5. The van der Waals surface area contributed by atoms with Crippen LogP contribution >= 0.6 is 11.6 Å². The van der Waals surface area contributed by atoms with E-state index in [1.165, 1.54) is 12.8 Å². The fourth-order valence-electron chi connectivity index (χ4n) is 4.60. The number of nitrogens with zero attached hydrogens (tertiary/aromatic N) is 1. The molecule has 0 bridgehead atoms. The maximum atomic E-state index is 13.4. The van der Waals surface area contributed by atoms with E-state index >= 15 is 0 Å². The number of rotatable bonds is 7. The summed E-state index contributed by atoms with van der Waals surface area (Å²) < 4.78 is 0. The number of amides is 1. The van der Waals surface area contributed by atoms with Gasteiger partial charge in [0.1, 0.15) is 11.5 Å². The van der Waals surface area contributed by atoms with Crippen molar-refractivity contribution in [2.45, 2.75) is 71.3 Å². The first-order valence-electron chi connectivity index (χ1n) is 10.8. The molecule has 29 heavy (non-hydrogen) atoms. The molecule has 0 radical (unpaired) electrons. The fourth-order valence-corrected chi connectivity index (χ4v) is 4.93. The third-order valence-electron chi connectivity index (χ3n) is 6.59. The molecule has 3 rings (SSSR count). The summed E-state index contributed by atoms with van der Waals surface area (Å²) >= 11 is 6.13. The maximum absolute atomic E-state index is 13.4. The van der Waals surface area contributed by atoms with Gasteiger partial charge >= 0.3 is 0 Å². The van der Waals surface area contributed by atoms with E-state index in [2.05, 4.69) is 19.2 Å². The Bertz CT molecular complexity index is 748. The van der Waals surface area contributed by atoms with E-state index in [0.717, 1.165) is 29.0 Å². The molecule has 2 heterocycles. The standard InChI is InChI=1S/C23H33ClN2O3/c1-5-15(2)7-6-12-29-26-10-8-23(9-11-26)21(27)20(22(28)25-23)19-16(3)13-18(24)14-17(19)4/h13-15,20H,5-12H2,1-4H3,(H,25,28).